The lowest BCUT2D eigenvalue weighted by molar-refractivity contribution is 0.0685. The number of carboxylic acids is 1. The van der Waals surface area contributed by atoms with Gasteiger partial charge in [-0.05, 0) is 18.2 Å². The number of sulfonamides is 1. The molecule has 0 aliphatic rings. The molecule has 0 amide bonds. The van der Waals surface area contributed by atoms with Gasteiger partial charge >= 0.3 is 5.97 Å². The third kappa shape index (κ3) is 3.15. The van der Waals surface area contributed by atoms with Crippen molar-refractivity contribution in [3.8, 4) is 11.3 Å². The van der Waals surface area contributed by atoms with Crippen LogP contribution in [-0.2, 0) is 17.1 Å². The number of aromatic carboxylic acids is 1. The van der Waals surface area contributed by atoms with Crippen molar-refractivity contribution >= 4 is 21.7 Å². The number of benzene rings is 1. The first kappa shape index (κ1) is 14.1. The zero-order chi connectivity index (χ0) is 14.9. The Morgan fingerprint density at radius 1 is 1.30 bits per heavy atom. The fourth-order valence-corrected chi connectivity index (χ4v) is 2.30. The van der Waals surface area contributed by atoms with Gasteiger partial charge in [-0.1, -0.05) is 12.1 Å². The van der Waals surface area contributed by atoms with Gasteiger partial charge in [0.1, 0.15) is 5.69 Å². The van der Waals surface area contributed by atoms with E-state index in [0.717, 1.165) is 6.26 Å². The van der Waals surface area contributed by atoms with Crippen LogP contribution in [0.15, 0.2) is 30.3 Å². The largest absolute Gasteiger partial charge is 0.477 e. The maximum Gasteiger partial charge on any atom is 0.354 e. The Hall–Kier alpha value is -2.35. The number of carbonyl (C=O) groups is 1. The van der Waals surface area contributed by atoms with E-state index in [0.29, 0.717) is 16.9 Å². The lowest BCUT2D eigenvalue weighted by Crippen LogP contribution is -2.09. The Kier molecular flexibility index (Phi) is 3.49. The molecule has 1 heterocycles. The molecule has 106 valence electrons. The zero-order valence-electron chi connectivity index (χ0n) is 10.9. The molecule has 1 aromatic heterocycles. The summed E-state index contributed by atoms with van der Waals surface area (Å²) in [6, 6.07) is 7.97. The molecule has 2 rings (SSSR count). The van der Waals surface area contributed by atoms with Crippen LogP contribution in [0.5, 0.6) is 0 Å². The van der Waals surface area contributed by atoms with Gasteiger partial charge in [-0.25, -0.2) is 13.2 Å². The van der Waals surface area contributed by atoms with Crippen molar-refractivity contribution in [1.29, 1.82) is 0 Å². The lowest BCUT2D eigenvalue weighted by Gasteiger charge is -2.04. The normalized spacial score (nSPS) is 11.3. The van der Waals surface area contributed by atoms with E-state index in [1.165, 1.54) is 10.7 Å². The summed E-state index contributed by atoms with van der Waals surface area (Å²) in [6.45, 7) is 0. The number of rotatable bonds is 4. The summed E-state index contributed by atoms with van der Waals surface area (Å²) < 4.78 is 25.8. The number of nitrogens with zero attached hydrogens (tertiary/aromatic N) is 2. The minimum atomic E-state index is -3.32. The van der Waals surface area contributed by atoms with Crippen molar-refractivity contribution in [3.63, 3.8) is 0 Å². The summed E-state index contributed by atoms with van der Waals surface area (Å²) in [5, 5.41) is 13.1. The van der Waals surface area contributed by atoms with E-state index >= 15 is 0 Å². The van der Waals surface area contributed by atoms with Crippen LogP contribution in [0.1, 0.15) is 10.5 Å². The highest BCUT2D eigenvalue weighted by Crippen LogP contribution is 2.21. The number of aromatic nitrogens is 2. The Morgan fingerprint density at radius 3 is 2.35 bits per heavy atom. The van der Waals surface area contributed by atoms with Gasteiger partial charge in [-0.3, -0.25) is 9.40 Å². The average Bonchev–Trinajstić information content (AvgIpc) is 2.70. The molecule has 20 heavy (non-hydrogen) atoms. The van der Waals surface area contributed by atoms with Gasteiger partial charge in [0.2, 0.25) is 10.0 Å². The molecule has 0 aliphatic heterocycles. The third-order valence-electron chi connectivity index (χ3n) is 2.58. The summed E-state index contributed by atoms with van der Waals surface area (Å²) in [5.41, 5.74) is 1.73. The number of anilines is 1. The molecule has 7 nitrogen and oxygen atoms in total. The van der Waals surface area contributed by atoms with Crippen molar-refractivity contribution < 1.29 is 18.3 Å². The van der Waals surface area contributed by atoms with E-state index in [1.54, 1.807) is 31.3 Å². The monoisotopic (exact) mass is 295 g/mol. The quantitative estimate of drug-likeness (QED) is 0.881. The minimum absolute atomic E-state index is 0.0818. The molecule has 0 unspecified atom stereocenters. The van der Waals surface area contributed by atoms with Crippen molar-refractivity contribution in [1.82, 2.24) is 9.78 Å². The molecule has 0 radical (unpaired) electrons. The SMILES string of the molecule is Cn1nc(-c2ccc(NS(C)(=O)=O)cc2)cc1C(=O)O. The maximum absolute atomic E-state index is 11.1. The molecule has 2 N–H and O–H groups in total. The fourth-order valence-electron chi connectivity index (χ4n) is 1.73. The smallest absolute Gasteiger partial charge is 0.354 e. The first-order valence-electron chi connectivity index (χ1n) is 5.62. The predicted molar refractivity (Wildman–Crippen MR) is 74.1 cm³/mol. The number of nitrogens with one attached hydrogen (secondary N) is 1. The fraction of sp³-hybridized carbons (Fsp3) is 0.167. The Morgan fingerprint density at radius 2 is 1.90 bits per heavy atom. The topological polar surface area (TPSA) is 101 Å². The Labute approximate surface area is 115 Å². The summed E-state index contributed by atoms with van der Waals surface area (Å²) in [5.74, 6) is -1.05. The molecule has 0 fully saturated rings. The molecule has 0 atom stereocenters. The number of hydrogen-bond donors (Lipinski definition) is 2. The molecule has 2 aromatic rings. The van der Waals surface area contributed by atoms with Gasteiger partial charge in [-0.2, -0.15) is 5.10 Å². The maximum atomic E-state index is 11.1. The van der Waals surface area contributed by atoms with Crippen molar-refractivity contribution in [2.45, 2.75) is 0 Å². The molecular weight excluding hydrogens is 282 g/mol. The predicted octanol–water partition coefficient (Wildman–Crippen LogP) is 1.16. The van der Waals surface area contributed by atoms with Crippen LogP contribution in [0.3, 0.4) is 0 Å². The van der Waals surface area contributed by atoms with Gasteiger partial charge in [0.05, 0.1) is 11.9 Å². The highest BCUT2D eigenvalue weighted by atomic mass is 32.2. The summed E-state index contributed by atoms with van der Waals surface area (Å²) in [6.07, 6.45) is 1.07. The van der Waals surface area contributed by atoms with Gasteiger partial charge in [0.25, 0.3) is 0 Å². The van der Waals surface area contributed by atoms with Crippen LogP contribution in [0.4, 0.5) is 5.69 Å². The van der Waals surface area contributed by atoms with E-state index < -0.39 is 16.0 Å². The van der Waals surface area contributed by atoms with Crippen molar-refractivity contribution in [2.24, 2.45) is 7.05 Å². The summed E-state index contributed by atoms with van der Waals surface area (Å²) in [4.78, 5) is 10.9. The molecule has 0 bridgehead atoms. The van der Waals surface area contributed by atoms with Crippen molar-refractivity contribution in [3.05, 3.63) is 36.0 Å². The Bertz CT molecular complexity index is 748. The van der Waals surface area contributed by atoms with Crippen LogP contribution in [0.2, 0.25) is 0 Å². The standard InChI is InChI=1S/C12H13N3O4S/c1-15-11(12(16)17)7-10(13-15)8-3-5-9(6-4-8)14-20(2,18)19/h3-7,14H,1-2H3,(H,16,17). The molecule has 0 spiro atoms. The van der Waals surface area contributed by atoms with E-state index in [-0.39, 0.29) is 5.69 Å². The first-order valence-corrected chi connectivity index (χ1v) is 7.51. The van der Waals surface area contributed by atoms with Crippen LogP contribution < -0.4 is 4.72 Å². The van der Waals surface area contributed by atoms with Gasteiger partial charge in [-0.15, -0.1) is 0 Å². The molecule has 0 aliphatic carbocycles. The highest BCUT2D eigenvalue weighted by Gasteiger charge is 2.12. The summed E-state index contributed by atoms with van der Waals surface area (Å²) in [7, 11) is -1.77. The minimum Gasteiger partial charge on any atom is -0.477 e. The second-order valence-electron chi connectivity index (χ2n) is 4.30. The van der Waals surface area contributed by atoms with Crippen LogP contribution >= 0.6 is 0 Å². The number of aryl methyl sites for hydroxylation is 1. The molecule has 8 heteroatoms. The molecule has 1 aromatic carbocycles. The average molecular weight is 295 g/mol. The van der Waals surface area contributed by atoms with Crippen LogP contribution in [0, 0.1) is 0 Å². The zero-order valence-corrected chi connectivity index (χ0v) is 11.7. The highest BCUT2D eigenvalue weighted by molar-refractivity contribution is 7.92. The van der Waals surface area contributed by atoms with Crippen LogP contribution in [0.25, 0.3) is 11.3 Å². The van der Waals surface area contributed by atoms with Gasteiger partial charge in [0, 0.05) is 18.3 Å². The molecule has 0 saturated carbocycles. The number of hydrogen-bond acceptors (Lipinski definition) is 4. The summed E-state index contributed by atoms with van der Waals surface area (Å²) >= 11 is 0. The van der Waals surface area contributed by atoms with Crippen molar-refractivity contribution in [2.75, 3.05) is 11.0 Å². The second-order valence-corrected chi connectivity index (χ2v) is 6.04. The van der Waals surface area contributed by atoms with E-state index in [9.17, 15) is 13.2 Å². The number of carboxylic acid groups (broad SMARTS) is 1. The van der Waals surface area contributed by atoms with Gasteiger partial charge in [0.15, 0.2) is 0 Å². The third-order valence-corrected chi connectivity index (χ3v) is 3.19. The van der Waals surface area contributed by atoms with E-state index in [2.05, 4.69) is 9.82 Å². The molecule has 0 saturated heterocycles. The second kappa shape index (κ2) is 4.97. The first-order chi connectivity index (χ1) is 9.26. The van der Waals surface area contributed by atoms with E-state index in [4.69, 9.17) is 5.11 Å². The van der Waals surface area contributed by atoms with Crippen LogP contribution in [-0.4, -0.2) is 35.5 Å². The molecular formula is C12H13N3O4S. The van der Waals surface area contributed by atoms with E-state index in [1.807, 2.05) is 0 Å². The Balaban J connectivity index is 2.30. The lowest BCUT2D eigenvalue weighted by atomic mass is 10.1. The van der Waals surface area contributed by atoms with Gasteiger partial charge < -0.3 is 5.11 Å².